The molecule has 2 aliphatic heterocycles. The summed E-state index contributed by atoms with van der Waals surface area (Å²) < 4.78 is 11.7. The fourth-order valence-corrected chi connectivity index (χ4v) is 6.95. The number of amides is 4. The zero-order chi connectivity index (χ0) is 38.5. The van der Waals surface area contributed by atoms with Crippen molar-refractivity contribution >= 4 is 29.8 Å². The summed E-state index contributed by atoms with van der Waals surface area (Å²) >= 11 is 0. The van der Waals surface area contributed by atoms with Gasteiger partial charge in [0.15, 0.2) is 0 Å². The van der Waals surface area contributed by atoms with Gasteiger partial charge in [-0.25, -0.2) is 0 Å². The quantitative estimate of drug-likeness (QED) is 0.182. The molecule has 2 heterocycles. The van der Waals surface area contributed by atoms with Crippen LogP contribution in [0.4, 0.5) is 5.69 Å². The molecule has 1 aromatic rings. The van der Waals surface area contributed by atoms with Crippen LogP contribution in [0, 0.1) is 11.8 Å². The summed E-state index contributed by atoms with van der Waals surface area (Å²) in [5, 5.41) is 2.42. The maximum Gasteiger partial charge on any atom is 0.242 e. The predicted octanol–water partition coefficient (Wildman–Crippen LogP) is 4.06. The molecule has 12 heteroatoms. The zero-order valence-electron chi connectivity index (χ0n) is 33.4. The van der Waals surface area contributed by atoms with Crippen molar-refractivity contribution in [3.8, 4) is 0 Å². The number of likely N-dealkylation sites (N-methyl/N-ethyl adjacent to an activating group) is 2. The van der Waals surface area contributed by atoms with Crippen LogP contribution in [-0.2, 0) is 35.1 Å². The van der Waals surface area contributed by atoms with Gasteiger partial charge in [-0.3, -0.25) is 19.2 Å². The molecule has 6 unspecified atom stereocenters. The molecular formula is C39H70N6O6. The van der Waals surface area contributed by atoms with E-state index in [9.17, 15) is 19.2 Å². The van der Waals surface area contributed by atoms with Crippen LogP contribution >= 0.6 is 0 Å². The van der Waals surface area contributed by atoms with Gasteiger partial charge in [0.05, 0.1) is 43.2 Å². The summed E-state index contributed by atoms with van der Waals surface area (Å²) in [4.78, 5) is 58.1. The van der Waals surface area contributed by atoms with E-state index in [4.69, 9.17) is 15.2 Å². The van der Waals surface area contributed by atoms with Crippen molar-refractivity contribution in [1.82, 2.24) is 24.9 Å². The summed E-state index contributed by atoms with van der Waals surface area (Å²) in [6.45, 7) is 13.8. The number of nitrogens with one attached hydrogen (secondary N) is 1. The van der Waals surface area contributed by atoms with E-state index in [1.165, 1.54) is 32.4 Å². The minimum absolute atomic E-state index is 0.0410. The lowest BCUT2D eigenvalue weighted by Crippen LogP contribution is -2.54. The van der Waals surface area contributed by atoms with Gasteiger partial charge in [0.2, 0.25) is 24.1 Å². The van der Waals surface area contributed by atoms with E-state index in [0.29, 0.717) is 31.6 Å². The van der Waals surface area contributed by atoms with E-state index in [1.807, 2.05) is 49.9 Å². The van der Waals surface area contributed by atoms with Crippen LogP contribution in [0.1, 0.15) is 85.1 Å². The van der Waals surface area contributed by atoms with Crippen LogP contribution in [0.25, 0.3) is 0 Å². The van der Waals surface area contributed by atoms with Gasteiger partial charge < -0.3 is 40.1 Å². The van der Waals surface area contributed by atoms with Crippen LogP contribution in [0.3, 0.4) is 0 Å². The second-order valence-corrected chi connectivity index (χ2v) is 14.1. The lowest BCUT2D eigenvalue weighted by molar-refractivity contribution is -0.147. The lowest BCUT2D eigenvalue weighted by atomic mass is 9.90. The molecule has 0 saturated carbocycles. The Bertz CT molecular complexity index is 1160. The van der Waals surface area contributed by atoms with Crippen molar-refractivity contribution in [2.75, 3.05) is 73.8 Å². The van der Waals surface area contributed by atoms with E-state index in [2.05, 4.69) is 31.1 Å². The van der Waals surface area contributed by atoms with Gasteiger partial charge in [-0.05, 0) is 75.9 Å². The zero-order valence-corrected chi connectivity index (χ0v) is 33.4. The molecule has 292 valence electrons. The van der Waals surface area contributed by atoms with Crippen molar-refractivity contribution in [1.29, 1.82) is 0 Å². The van der Waals surface area contributed by atoms with Gasteiger partial charge >= 0.3 is 0 Å². The Morgan fingerprint density at radius 2 is 1.69 bits per heavy atom. The molecule has 0 spiro atoms. The summed E-state index contributed by atoms with van der Waals surface area (Å²) in [6, 6.07) is 7.03. The molecule has 0 aromatic heterocycles. The van der Waals surface area contributed by atoms with E-state index in [1.54, 1.807) is 38.1 Å². The number of carbonyl (C=O) groups is 4. The molecule has 0 aliphatic carbocycles. The Kier molecular flexibility index (Phi) is 22.3. The van der Waals surface area contributed by atoms with Gasteiger partial charge in [-0.1, -0.05) is 59.6 Å². The first-order valence-electron chi connectivity index (χ1n) is 18.9. The summed E-state index contributed by atoms with van der Waals surface area (Å²) in [7, 11) is 8.78. The molecule has 2 saturated heterocycles. The number of nitrogen functional groups attached to an aromatic ring is 1. The number of rotatable bonds is 17. The van der Waals surface area contributed by atoms with Crippen LogP contribution in [0.15, 0.2) is 24.3 Å². The highest BCUT2D eigenvalue weighted by molar-refractivity contribution is 5.81. The van der Waals surface area contributed by atoms with Crippen LogP contribution < -0.4 is 11.1 Å². The minimum Gasteiger partial charge on any atom is -0.399 e. The number of nitrogens with two attached hydrogens (primary N) is 1. The Morgan fingerprint density at radius 3 is 2.20 bits per heavy atom. The van der Waals surface area contributed by atoms with Gasteiger partial charge in [0.25, 0.3) is 0 Å². The van der Waals surface area contributed by atoms with E-state index < -0.39 is 18.1 Å². The monoisotopic (exact) mass is 719 g/mol. The molecule has 1 aromatic carbocycles. The Hall–Kier alpha value is -3.22. The highest BCUT2D eigenvalue weighted by Gasteiger charge is 2.42. The first-order valence-corrected chi connectivity index (χ1v) is 18.9. The smallest absolute Gasteiger partial charge is 0.242 e. The normalized spacial score (nSPS) is 18.5. The first kappa shape index (κ1) is 45.8. The molecule has 12 nitrogen and oxygen atoms in total. The van der Waals surface area contributed by atoms with Crippen LogP contribution in [0.5, 0.6) is 0 Å². The Labute approximate surface area is 308 Å². The number of anilines is 1. The molecule has 0 radical (unpaired) electrons. The van der Waals surface area contributed by atoms with Crippen LogP contribution in [0.2, 0.25) is 0 Å². The van der Waals surface area contributed by atoms with Gasteiger partial charge in [0.1, 0.15) is 0 Å². The van der Waals surface area contributed by atoms with Crippen molar-refractivity contribution in [2.45, 2.75) is 110 Å². The number of carbonyl (C=O) groups excluding carboxylic acids is 4. The van der Waals surface area contributed by atoms with Gasteiger partial charge in [-0.15, -0.1) is 0 Å². The van der Waals surface area contributed by atoms with Crippen LogP contribution in [-0.4, -0.2) is 136 Å². The number of hydrogen-bond acceptors (Lipinski definition) is 8. The Balaban J connectivity index is 0.00000126. The molecular weight excluding hydrogens is 648 g/mol. The summed E-state index contributed by atoms with van der Waals surface area (Å²) in [6.07, 6.45) is 6.64. The number of likely N-dealkylation sites (tertiary alicyclic amines) is 2. The standard InChI is InChI=1S/C31H51N5O6.C5H11N.C3H8/c1-8-21(2)29(35(5)28(39)19-33-20-37)26(41-6)18-27(38)36-15-10-13-25(36)30(42-7)22(3)31(40)34(4)16-14-23-11-9-12-24(32)17-23;1-6-4-2-3-5-6;1-3-2/h9,11-12,17,20-22,25-26,29-30H,8,10,13-16,18-19,32H2,1-7H3,(H,33,37);2-5H2,1H3;3H2,1-2H3. The third-order valence-corrected chi connectivity index (χ3v) is 10.0. The Morgan fingerprint density at radius 1 is 1.04 bits per heavy atom. The number of ether oxygens (including phenoxy) is 2. The highest BCUT2D eigenvalue weighted by Crippen LogP contribution is 2.29. The predicted molar refractivity (Wildman–Crippen MR) is 205 cm³/mol. The third-order valence-electron chi connectivity index (χ3n) is 10.0. The van der Waals surface area contributed by atoms with E-state index in [0.717, 1.165) is 24.8 Å². The molecule has 2 aliphatic rings. The molecule has 3 rings (SSSR count). The molecule has 6 atom stereocenters. The fraction of sp³-hybridized carbons (Fsp3) is 0.744. The van der Waals surface area contributed by atoms with Crippen molar-refractivity contribution in [2.24, 2.45) is 11.8 Å². The van der Waals surface area contributed by atoms with E-state index >= 15 is 0 Å². The molecule has 3 N–H and O–H groups in total. The van der Waals surface area contributed by atoms with Crippen molar-refractivity contribution < 1.29 is 28.7 Å². The van der Waals surface area contributed by atoms with E-state index in [-0.39, 0.29) is 48.7 Å². The maximum absolute atomic E-state index is 13.8. The number of methoxy groups -OCH3 is 2. The number of benzene rings is 1. The number of nitrogens with zero attached hydrogens (tertiary/aromatic N) is 4. The average molecular weight is 719 g/mol. The second kappa shape index (κ2) is 24.9. The molecule has 4 amide bonds. The largest absolute Gasteiger partial charge is 0.399 e. The molecule has 51 heavy (non-hydrogen) atoms. The summed E-state index contributed by atoms with van der Waals surface area (Å²) in [5.41, 5.74) is 7.65. The molecule has 0 bridgehead atoms. The SMILES string of the molecule is CCC.CCC(C)C(C(CC(=O)N1CCCC1C(OC)C(C)C(=O)N(C)CCc1cccc(N)c1)OC)N(C)C(=O)CNC=O.CN1CCCC1. The fourth-order valence-electron chi connectivity index (χ4n) is 6.95. The third kappa shape index (κ3) is 15.1. The van der Waals surface area contributed by atoms with Crippen molar-refractivity contribution in [3.05, 3.63) is 29.8 Å². The highest BCUT2D eigenvalue weighted by atomic mass is 16.5. The average Bonchev–Trinajstić information content (AvgIpc) is 3.81. The second-order valence-electron chi connectivity index (χ2n) is 14.1. The minimum atomic E-state index is -0.544. The molecule has 2 fully saturated rings. The summed E-state index contributed by atoms with van der Waals surface area (Å²) in [5.74, 6) is -0.802. The first-order chi connectivity index (χ1) is 24.3. The number of hydrogen-bond donors (Lipinski definition) is 2. The topological polar surface area (TPSA) is 138 Å². The maximum atomic E-state index is 13.8. The lowest BCUT2D eigenvalue weighted by Gasteiger charge is -2.39. The van der Waals surface area contributed by atoms with Gasteiger partial charge in [0, 0.05) is 47.1 Å². The van der Waals surface area contributed by atoms with Crippen molar-refractivity contribution in [3.63, 3.8) is 0 Å². The van der Waals surface area contributed by atoms with Gasteiger partial charge in [-0.2, -0.15) is 0 Å².